The summed E-state index contributed by atoms with van der Waals surface area (Å²) in [5, 5.41) is 0.895. The van der Waals surface area contributed by atoms with E-state index in [9.17, 15) is 13.2 Å². The molecule has 1 aliphatic heterocycles. The van der Waals surface area contributed by atoms with E-state index in [4.69, 9.17) is 0 Å². The standard InChI is InChI=1S/C17H21F3N2/c1-2-3-12-6-7-22(10-12)11-13-9-21-16-8-14(17(18,19)20)4-5-15(13)16/h4-5,8-9,12,21H,2-3,6-7,10-11H2,1H3. The molecule has 2 aromatic rings. The van der Waals surface area contributed by atoms with Gasteiger partial charge in [0.25, 0.3) is 0 Å². The summed E-state index contributed by atoms with van der Waals surface area (Å²) in [6, 6.07) is 3.95. The van der Waals surface area contributed by atoms with Crippen LogP contribution >= 0.6 is 0 Å². The summed E-state index contributed by atoms with van der Waals surface area (Å²) in [6.07, 6.45) is 1.26. The number of nitrogens with one attached hydrogen (secondary N) is 1. The molecule has 1 unspecified atom stereocenters. The maximum Gasteiger partial charge on any atom is 0.416 e. The van der Waals surface area contributed by atoms with Crippen LogP contribution in [0.2, 0.25) is 0 Å². The Morgan fingerprint density at radius 3 is 2.86 bits per heavy atom. The van der Waals surface area contributed by atoms with Gasteiger partial charge in [-0.25, -0.2) is 0 Å². The predicted molar refractivity (Wildman–Crippen MR) is 81.6 cm³/mol. The van der Waals surface area contributed by atoms with Gasteiger partial charge in [-0.2, -0.15) is 13.2 Å². The molecule has 0 saturated carbocycles. The molecule has 0 bridgehead atoms. The maximum atomic E-state index is 12.7. The van der Waals surface area contributed by atoms with E-state index in [2.05, 4.69) is 16.8 Å². The zero-order valence-electron chi connectivity index (χ0n) is 12.7. The van der Waals surface area contributed by atoms with Gasteiger partial charge in [0, 0.05) is 30.2 Å². The number of benzene rings is 1. The molecule has 0 spiro atoms. The number of nitrogens with zero attached hydrogens (tertiary/aromatic N) is 1. The number of alkyl halides is 3. The molecule has 2 heterocycles. The normalized spacial score (nSPS) is 20.1. The second kappa shape index (κ2) is 5.95. The fourth-order valence-corrected chi connectivity index (χ4v) is 3.43. The molecule has 3 rings (SSSR count). The minimum absolute atomic E-state index is 0.564. The Kier molecular flexibility index (Phi) is 4.17. The van der Waals surface area contributed by atoms with E-state index in [1.54, 1.807) is 6.07 Å². The Hall–Kier alpha value is -1.49. The number of halogens is 3. The van der Waals surface area contributed by atoms with Crippen LogP contribution in [-0.4, -0.2) is 23.0 Å². The Morgan fingerprint density at radius 1 is 1.32 bits per heavy atom. The molecule has 1 aromatic carbocycles. The van der Waals surface area contributed by atoms with Crippen molar-refractivity contribution in [2.45, 2.75) is 38.9 Å². The average molecular weight is 310 g/mol. The van der Waals surface area contributed by atoms with E-state index < -0.39 is 11.7 Å². The van der Waals surface area contributed by atoms with Crippen LogP contribution in [0.5, 0.6) is 0 Å². The summed E-state index contributed by atoms with van der Waals surface area (Å²) in [5.41, 5.74) is 1.05. The van der Waals surface area contributed by atoms with E-state index >= 15 is 0 Å². The topological polar surface area (TPSA) is 19.0 Å². The molecular weight excluding hydrogens is 289 g/mol. The summed E-state index contributed by atoms with van der Waals surface area (Å²) in [7, 11) is 0. The third-order valence-corrected chi connectivity index (χ3v) is 4.56. The van der Waals surface area contributed by atoms with Crippen LogP contribution in [0.25, 0.3) is 10.9 Å². The van der Waals surface area contributed by atoms with Crippen LogP contribution in [0.15, 0.2) is 24.4 Å². The summed E-state index contributed by atoms with van der Waals surface area (Å²) < 4.78 is 38.2. The first-order valence-electron chi connectivity index (χ1n) is 7.87. The molecule has 1 aliphatic rings. The molecule has 1 aromatic heterocycles. The second-order valence-electron chi connectivity index (χ2n) is 6.25. The molecule has 0 radical (unpaired) electrons. The molecule has 120 valence electrons. The third-order valence-electron chi connectivity index (χ3n) is 4.56. The number of aromatic nitrogens is 1. The van der Waals surface area contributed by atoms with Crippen molar-refractivity contribution in [2.24, 2.45) is 5.92 Å². The number of fused-ring (bicyclic) bond motifs is 1. The van der Waals surface area contributed by atoms with Crippen LogP contribution in [0.1, 0.15) is 37.3 Å². The molecule has 0 aliphatic carbocycles. The Labute approximate surface area is 128 Å². The molecule has 2 nitrogen and oxygen atoms in total. The lowest BCUT2D eigenvalue weighted by Crippen LogP contribution is -2.19. The lowest BCUT2D eigenvalue weighted by atomic mass is 10.0. The zero-order chi connectivity index (χ0) is 15.7. The highest BCUT2D eigenvalue weighted by Crippen LogP contribution is 2.32. The van der Waals surface area contributed by atoms with Gasteiger partial charge in [0.15, 0.2) is 0 Å². The van der Waals surface area contributed by atoms with Gasteiger partial charge in [-0.05, 0) is 43.0 Å². The first-order valence-corrected chi connectivity index (χ1v) is 7.87. The van der Waals surface area contributed by atoms with Crippen LogP contribution in [0, 0.1) is 5.92 Å². The van der Waals surface area contributed by atoms with Crippen molar-refractivity contribution in [1.29, 1.82) is 0 Å². The van der Waals surface area contributed by atoms with Gasteiger partial charge in [0.2, 0.25) is 0 Å². The van der Waals surface area contributed by atoms with E-state index in [1.807, 2.05) is 6.20 Å². The molecule has 1 N–H and O–H groups in total. The molecular formula is C17H21F3N2. The van der Waals surface area contributed by atoms with E-state index in [0.717, 1.165) is 36.5 Å². The molecule has 0 amide bonds. The van der Waals surface area contributed by atoms with Crippen molar-refractivity contribution in [3.05, 3.63) is 35.5 Å². The van der Waals surface area contributed by atoms with Crippen LogP contribution < -0.4 is 0 Å². The highest BCUT2D eigenvalue weighted by molar-refractivity contribution is 5.83. The third kappa shape index (κ3) is 3.14. The number of hydrogen-bond acceptors (Lipinski definition) is 1. The van der Waals surface area contributed by atoms with Crippen molar-refractivity contribution in [3.63, 3.8) is 0 Å². The number of likely N-dealkylation sites (tertiary alicyclic amines) is 1. The largest absolute Gasteiger partial charge is 0.416 e. The Balaban J connectivity index is 1.75. The van der Waals surface area contributed by atoms with Crippen molar-refractivity contribution in [1.82, 2.24) is 9.88 Å². The lowest BCUT2D eigenvalue weighted by molar-refractivity contribution is -0.137. The second-order valence-corrected chi connectivity index (χ2v) is 6.25. The van der Waals surface area contributed by atoms with Crippen molar-refractivity contribution >= 4 is 10.9 Å². The van der Waals surface area contributed by atoms with Gasteiger partial charge in [0.05, 0.1) is 5.56 Å². The Morgan fingerprint density at radius 2 is 2.14 bits per heavy atom. The molecule has 5 heteroatoms. The quantitative estimate of drug-likeness (QED) is 0.858. The van der Waals surface area contributed by atoms with Gasteiger partial charge < -0.3 is 4.98 Å². The van der Waals surface area contributed by atoms with Crippen molar-refractivity contribution in [2.75, 3.05) is 13.1 Å². The van der Waals surface area contributed by atoms with Gasteiger partial charge in [-0.1, -0.05) is 19.4 Å². The fraction of sp³-hybridized carbons (Fsp3) is 0.529. The molecule has 1 fully saturated rings. The van der Waals surface area contributed by atoms with Crippen molar-refractivity contribution < 1.29 is 13.2 Å². The smallest absolute Gasteiger partial charge is 0.361 e. The monoisotopic (exact) mass is 310 g/mol. The van der Waals surface area contributed by atoms with Crippen molar-refractivity contribution in [3.8, 4) is 0 Å². The van der Waals surface area contributed by atoms with Gasteiger partial charge in [-0.3, -0.25) is 4.90 Å². The minimum Gasteiger partial charge on any atom is -0.361 e. The highest BCUT2D eigenvalue weighted by Gasteiger charge is 2.31. The summed E-state index contributed by atoms with van der Waals surface area (Å²) >= 11 is 0. The first-order chi connectivity index (χ1) is 10.5. The summed E-state index contributed by atoms with van der Waals surface area (Å²) in [4.78, 5) is 5.39. The van der Waals surface area contributed by atoms with Gasteiger partial charge >= 0.3 is 6.18 Å². The molecule has 1 atom stereocenters. The number of H-pyrrole nitrogens is 1. The summed E-state index contributed by atoms with van der Waals surface area (Å²) in [6.45, 7) is 5.20. The predicted octanol–water partition coefficient (Wildman–Crippen LogP) is 4.81. The van der Waals surface area contributed by atoms with E-state index in [1.165, 1.54) is 31.4 Å². The zero-order valence-corrected chi connectivity index (χ0v) is 12.7. The lowest BCUT2D eigenvalue weighted by Gasteiger charge is -2.15. The number of rotatable bonds is 4. The average Bonchev–Trinajstić information content (AvgIpc) is 3.06. The molecule has 22 heavy (non-hydrogen) atoms. The first kappa shape index (κ1) is 15.4. The summed E-state index contributed by atoms with van der Waals surface area (Å²) in [5.74, 6) is 0.770. The van der Waals surface area contributed by atoms with Crippen LogP contribution in [0.3, 0.4) is 0 Å². The van der Waals surface area contributed by atoms with Gasteiger partial charge in [-0.15, -0.1) is 0 Å². The van der Waals surface area contributed by atoms with Gasteiger partial charge in [0.1, 0.15) is 0 Å². The fourth-order valence-electron chi connectivity index (χ4n) is 3.43. The molecule has 1 saturated heterocycles. The minimum atomic E-state index is -4.29. The Bertz CT molecular complexity index is 645. The highest BCUT2D eigenvalue weighted by atomic mass is 19.4. The number of aromatic amines is 1. The SMILES string of the molecule is CCCC1CCN(Cc2c[nH]c3cc(C(F)(F)F)ccc23)C1. The van der Waals surface area contributed by atoms with E-state index in [0.29, 0.717) is 5.52 Å². The van der Waals surface area contributed by atoms with Crippen LogP contribution in [-0.2, 0) is 12.7 Å². The maximum absolute atomic E-state index is 12.7. The van der Waals surface area contributed by atoms with Crippen LogP contribution in [0.4, 0.5) is 13.2 Å². The number of hydrogen-bond donors (Lipinski definition) is 1. The van der Waals surface area contributed by atoms with E-state index in [-0.39, 0.29) is 0 Å².